The van der Waals surface area contributed by atoms with Crippen molar-refractivity contribution in [2.75, 3.05) is 7.11 Å². The fraction of sp³-hybridized carbons (Fsp3) is 0.875. The van der Waals surface area contributed by atoms with E-state index in [2.05, 4.69) is 18.6 Å². The number of carbonyl (C=O) groups is 1. The number of halogens is 1. The van der Waals surface area contributed by atoms with Crippen molar-refractivity contribution >= 4 is 18.4 Å². The van der Waals surface area contributed by atoms with Gasteiger partial charge in [0.15, 0.2) is 0 Å². The van der Waals surface area contributed by atoms with Crippen molar-refractivity contribution in [3.05, 3.63) is 0 Å². The molecule has 0 aromatic rings. The van der Waals surface area contributed by atoms with Gasteiger partial charge in [-0.25, -0.2) is 0 Å². The fourth-order valence-corrected chi connectivity index (χ4v) is 0.782. The molecule has 12 heavy (non-hydrogen) atoms. The summed E-state index contributed by atoms with van der Waals surface area (Å²) in [5, 5.41) is 0. The summed E-state index contributed by atoms with van der Waals surface area (Å²) < 4.78 is 4.48. The molecule has 0 aromatic heterocycles. The summed E-state index contributed by atoms with van der Waals surface area (Å²) in [5.74, 6) is 0.274. The summed E-state index contributed by atoms with van der Waals surface area (Å²) in [5.41, 5.74) is 5.50. The molecule has 0 bridgehead atoms. The van der Waals surface area contributed by atoms with Gasteiger partial charge in [0.25, 0.3) is 0 Å². The standard InChI is InChI=1S/C8H17NO2.ClH/c1-6(2)4-5-7(9)8(10)11-3;/h6-7H,4-5,9H2,1-3H3;1H/t7-;/m0./s1. The molecule has 4 heteroatoms. The van der Waals surface area contributed by atoms with Gasteiger partial charge in [-0.15, -0.1) is 12.4 Å². The number of esters is 1. The van der Waals surface area contributed by atoms with Crippen molar-refractivity contribution in [2.24, 2.45) is 11.7 Å². The molecule has 0 radical (unpaired) electrons. The number of rotatable bonds is 4. The van der Waals surface area contributed by atoms with E-state index < -0.39 is 6.04 Å². The van der Waals surface area contributed by atoms with Gasteiger partial charge >= 0.3 is 5.97 Å². The van der Waals surface area contributed by atoms with Gasteiger partial charge in [0, 0.05) is 0 Å². The van der Waals surface area contributed by atoms with Gasteiger partial charge in [-0.2, -0.15) is 0 Å². The molecule has 0 spiro atoms. The number of nitrogens with two attached hydrogens (primary N) is 1. The molecule has 0 aliphatic rings. The van der Waals surface area contributed by atoms with Crippen LogP contribution in [0, 0.1) is 5.92 Å². The summed E-state index contributed by atoms with van der Waals surface area (Å²) in [6.45, 7) is 4.20. The van der Waals surface area contributed by atoms with Crippen LogP contribution in [0.2, 0.25) is 0 Å². The van der Waals surface area contributed by atoms with Gasteiger partial charge in [-0.1, -0.05) is 13.8 Å². The van der Waals surface area contributed by atoms with Crippen LogP contribution in [0.5, 0.6) is 0 Å². The Labute approximate surface area is 80.1 Å². The molecular weight excluding hydrogens is 178 g/mol. The highest BCUT2D eigenvalue weighted by Crippen LogP contribution is 2.05. The van der Waals surface area contributed by atoms with Gasteiger partial charge in [-0.3, -0.25) is 4.79 Å². The van der Waals surface area contributed by atoms with Crippen LogP contribution in [0.4, 0.5) is 0 Å². The van der Waals surface area contributed by atoms with E-state index >= 15 is 0 Å². The molecule has 0 fully saturated rings. The molecule has 2 N–H and O–H groups in total. The maximum absolute atomic E-state index is 10.8. The smallest absolute Gasteiger partial charge is 0.322 e. The summed E-state index contributed by atoms with van der Waals surface area (Å²) in [7, 11) is 1.36. The molecule has 1 atom stereocenters. The van der Waals surface area contributed by atoms with E-state index in [0.29, 0.717) is 12.3 Å². The topological polar surface area (TPSA) is 52.3 Å². The van der Waals surface area contributed by atoms with Crippen molar-refractivity contribution in [1.82, 2.24) is 0 Å². The van der Waals surface area contributed by atoms with Gasteiger partial charge in [0.1, 0.15) is 6.04 Å². The zero-order valence-corrected chi connectivity index (χ0v) is 8.69. The minimum atomic E-state index is -0.442. The van der Waals surface area contributed by atoms with Crippen LogP contribution < -0.4 is 5.73 Å². The van der Waals surface area contributed by atoms with E-state index in [9.17, 15) is 4.79 Å². The highest BCUT2D eigenvalue weighted by Gasteiger charge is 2.13. The average Bonchev–Trinajstić information content (AvgIpc) is 1.98. The lowest BCUT2D eigenvalue weighted by atomic mass is 10.0. The third kappa shape index (κ3) is 6.43. The van der Waals surface area contributed by atoms with Gasteiger partial charge in [0.05, 0.1) is 7.11 Å². The zero-order chi connectivity index (χ0) is 8.85. The number of hydrogen-bond donors (Lipinski definition) is 1. The third-order valence-electron chi connectivity index (χ3n) is 1.56. The maximum atomic E-state index is 10.8. The first-order valence-electron chi connectivity index (χ1n) is 3.91. The van der Waals surface area contributed by atoms with Crippen molar-refractivity contribution in [1.29, 1.82) is 0 Å². The second-order valence-corrected chi connectivity index (χ2v) is 3.10. The molecule has 3 nitrogen and oxygen atoms in total. The molecule has 74 valence electrons. The molecule has 0 saturated heterocycles. The predicted molar refractivity (Wildman–Crippen MR) is 51.3 cm³/mol. The Morgan fingerprint density at radius 1 is 1.42 bits per heavy atom. The molecule has 0 rings (SSSR count). The van der Waals surface area contributed by atoms with Crippen molar-refractivity contribution in [3.8, 4) is 0 Å². The molecule has 0 aliphatic heterocycles. The number of methoxy groups -OCH3 is 1. The Hall–Kier alpha value is -0.280. The molecule has 0 aliphatic carbocycles. The van der Waals surface area contributed by atoms with E-state index in [1.165, 1.54) is 7.11 Å². The van der Waals surface area contributed by atoms with Crippen LogP contribution in [0.25, 0.3) is 0 Å². The molecule has 0 aromatic carbocycles. The van der Waals surface area contributed by atoms with E-state index in [1.54, 1.807) is 0 Å². The van der Waals surface area contributed by atoms with Gasteiger partial charge in [0.2, 0.25) is 0 Å². The Morgan fingerprint density at radius 2 is 1.92 bits per heavy atom. The number of hydrogen-bond acceptors (Lipinski definition) is 3. The van der Waals surface area contributed by atoms with E-state index in [1.807, 2.05) is 0 Å². The second-order valence-electron chi connectivity index (χ2n) is 3.10. The summed E-state index contributed by atoms with van der Waals surface area (Å²) >= 11 is 0. The predicted octanol–water partition coefficient (Wildman–Crippen LogP) is 1.34. The molecule has 0 heterocycles. The van der Waals surface area contributed by atoms with E-state index in [0.717, 1.165) is 6.42 Å². The Kier molecular flexibility index (Phi) is 8.76. The van der Waals surface area contributed by atoms with E-state index in [4.69, 9.17) is 5.73 Å². The van der Waals surface area contributed by atoms with Crippen LogP contribution in [-0.2, 0) is 9.53 Å². The quantitative estimate of drug-likeness (QED) is 0.689. The molecule has 0 saturated carbocycles. The van der Waals surface area contributed by atoms with Crippen LogP contribution in [0.3, 0.4) is 0 Å². The summed E-state index contributed by atoms with van der Waals surface area (Å²) in [4.78, 5) is 10.8. The first kappa shape index (κ1) is 14.3. The lowest BCUT2D eigenvalue weighted by molar-refractivity contribution is -0.142. The molecule has 0 amide bonds. The van der Waals surface area contributed by atoms with Crippen LogP contribution in [0.1, 0.15) is 26.7 Å². The minimum Gasteiger partial charge on any atom is -0.468 e. The summed E-state index contributed by atoms with van der Waals surface area (Å²) in [6.07, 6.45) is 1.68. The monoisotopic (exact) mass is 195 g/mol. The maximum Gasteiger partial charge on any atom is 0.322 e. The van der Waals surface area contributed by atoms with Gasteiger partial charge < -0.3 is 10.5 Å². The van der Waals surface area contributed by atoms with Crippen LogP contribution in [-0.4, -0.2) is 19.1 Å². The van der Waals surface area contributed by atoms with Crippen molar-refractivity contribution in [2.45, 2.75) is 32.7 Å². The normalized spacial score (nSPS) is 12.1. The molecular formula is C8H18ClNO2. The van der Waals surface area contributed by atoms with Gasteiger partial charge in [-0.05, 0) is 18.8 Å². The molecule has 0 unspecified atom stereocenters. The lowest BCUT2D eigenvalue weighted by Gasteiger charge is -2.09. The third-order valence-corrected chi connectivity index (χ3v) is 1.56. The SMILES string of the molecule is COC(=O)[C@@H](N)CCC(C)C.Cl. The van der Waals surface area contributed by atoms with Crippen molar-refractivity contribution < 1.29 is 9.53 Å². The van der Waals surface area contributed by atoms with Crippen LogP contribution >= 0.6 is 12.4 Å². The highest BCUT2D eigenvalue weighted by atomic mass is 35.5. The first-order valence-corrected chi connectivity index (χ1v) is 3.91. The average molecular weight is 196 g/mol. The van der Waals surface area contributed by atoms with Crippen LogP contribution in [0.15, 0.2) is 0 Å². The Morgan fingerprint density at radius 3 is 2.25 bits per heavy atom. The Balaban J connectivity index is 0. The van der Waals surface area contributed by atoms with Crippen molar-refractivity contribution in [3.63, 3.8) is 0 Å². The first-order chi connectivity index (χ1) is 5.07. The largest absolute Gasteiger partial charge is 0.468 e. The number of carbonyl (C=O) groups excluding carboxylic acids is 1. The highest BCUT2D eigenvalue weighted by molar-refractivity contribution is 5.85. The number of ether oxygens (including phenoxy) is 1. The zero-order valence-electron chi connectivity index (χ0n) is 7.87. The van der Waals surface area contributed by atoms with E-state index in [-0.39, 0.29) is 18.4 Å². The minimum absolute atomic E-state index is 0. The lowest BCUT2D eigenvalue weighted by Crippen LogP contribution is -2.31. The summed E-state index contributed by atoms with van der Waals surface area (Å²) in [6, 6.07) is -0.442. The second kappa shape index (κ2) is 7.37. The fourth-order valence-electron chi connectivity index (χ4n) is 0.782. The Bertz CT molecular complexity index is 128.